The number of carbonyl (C=O) groups excluding carboxylic acids is 2. The van der Waals surface area contributed by atoms with E-state index in [1.165, 1.54) is 27.3 Å². The lowest BCUT2D eigenvalue weighted by atomic mass is 10.1. The van der Waals surface area contributed by atoms with E-state index in [1.807, 2.05) is 6.07 Å². The monoisotopic (exact) mass is 395 g/mol. The summed E-state index contributed by atoms with van der Waals surface area (Å²) in [5, 5.41) is 14.2. The predicted molar refractivity (Wildman–Crippen MR) is 108 cm³/mol. The molecule has 0 aliphatic heterocycles. The van der Waals surface area contributed by atoms with Gasteiger partial charge < -0.3 is 24.8 Å². The van der Waals surface area contributed by atoms with E-state index in [0.29, 0.717) is 28.5 Å². The molecule has 0 saturated carbocycles. The summed E-state index contributed by atoms with van der Waals surface area (Å²) < 4.78 is 16.0. The van der Waals surface area contributed by atoms with Crippen molar-refractivity contribution in [2.24, 2.45) is 0 Å². The van der Waals surface area contributed by atoms with Crippen molar-refractivity contribution in [3.63, 3.8) is 0 Å². The van der Waals surface area contributed by atoms with Gasteiger partial charge in [-0.15, -0.1) is 0 Å². The molecular formula is C21H21N3O5. The molecule has 0 aliphatic carbocycles. The molecule has 2 rings (SSSR count). The Kier molecular flexibility index (Phi) is 7.62. The maximum absolute atomic E-state index is 12.2. The van der Waals surface area contributed by atoms with Gasteiger partial charge in [-0.25, -0.2) is 0 Å². The highest BCUT2D eigenvalue weighted by Gasteiger charge is 2.12. The van der Waals surface area contributed by atoms with Gasteiger partial charge in [0.2, 0.25) is 0 Å². The van der Waals surface area contributed by atoms with E-state index in [-0.39, 0.29) is 18.1 Å². The number of methoxy groups -OCH3 is 2. The number of rotatable bonds is 8. The van der Waals surface area contributed by atoms with Gasteiger partial charge in [-0.3, -0.25) is 9.59 Å². The highest BCUT2D eigenvalue weighted by molar-refractivity contribution is 6.01. The summed E-state index contributed by atoms with van der Waals surface area (Å²) in [4.78, 5) is 23.8. The first-order chi connectivity index (χ1) is 14.0. The molecule has 8 nitrogen and oxygen atoms in total. The van der Waals surface area contributed by atoms with Crippen LogP contribution in [0.2, 0.25) is 0 Å². The summed E-state index contributed by atoms with van der Waals surface area (Å²) in [6.45, 7) is -0.245. The molecule has 2 aromatic carbocycles. The molecule has 0 unspecified atom stereocenters. The molecule has 150 valence electrons. The van der Waals surface area contributed by atoms with Gasteiger partial charge in [0.15, 0.2) is 18.1 Å². The van der Waals surface area contributed by atoms with Crippen LogP contribution in [0.15, 0.2) is 48.0 Å². The maximum Gasteiger partial charge on any atom is 0.262 e. The Morgan fingerprint density at radius 3 is 2.45 bits per heavy atom. The van der Waals surface area contributed by atoms with Crippen LogP contribution in [0, 0.1) is 11.3 Å². The van der Waals surface area contributed by atoms with Crippen molar-refractivity contribution in [1.29, 1.82) is 5.26 Å². The molecule has 2 amide bonds. The lowest BCUT2D eigenvalue weighted by Crippen LogP contribution is -2.20. The van der Waals surface area contributed by atoms with E-state index in [2.05, 4.69) is 10.6 Å². The van der Waals surface area contributed by atoms with Gasteiger partial charge in [-0.05, 0) is 35.9 Å². The second kappa shape index (κ2) is 10.4. The van der Waals surface area contributed by atoms with E-state index in [9.17, 15) is 9.59 Å². The molecular weight excluding hydrogens is 374 g/mol. The first-order valence-electron chi connectivity index (χ1n) is 8.60. The number of carbonyl (C=O) groups is 2. The Labute approximate surface area is 168 Å². The first kappa shape index (κ1) is 21.3. The van der Waals surface area contributed by atoms with Crippen molar-refractivity contribution in [3.8, 4) is 23.3 Å². The SMILES string of the molecule is CNC(=O)/C(C#N)=C\c1ccc(OCC(=O)Nc2ccccc2OC)c(OC)c1. The number of anilines is 1. The molecule has 0 radical (unpaired) electrons. The zero-order valence-corrected chi connectivity index (χ0v) is 16.3. The van der Waals surface area contributed by atoms with Crippen molar-refractivity contribution < 1.29 is 23.8 Å². The highest BCUT2D eigenvalue weighted by Crippen LogP contribution is 2.29. The standard InChI is InChI=1S/C21H21N3O5/c1-23-21(26)15(12-22)10-14-8-9-18(19(11-14)28-3)29-13-20(25)24-16-6-4-5-7-17(16)27-2/h4-11H,13H2,1-3H3,(H,23,26)(H,24,25)/b15-10-. The van der Waals surface area contributed by atoms with Gasteiger partial charge >= 0.3 is 0 Å². The highest BCUT2D eigenvalue weighted by atomic mass is 16.5. The van der Waals surface area contributed by atoms with Crippen molar-refractivity contribution in [1.82, 2.24) is 5.32 Å². The second-order valence-corrected chi connectivity index (χ2v) is 5.70. The van der Waals surface area contributed by atoms with Crippen LogP contribution in [-0.4, -0.2) is 39.7 Å². The molecule has 8 heteroatoms. The van der Waals surface area contributed by atoms with Gasteiger partial charge in [-0.1, -0.05) is 18.2 Å². The van der Waals surface area contributed by atoms with Crippen LogP contribution in [0.5, 0.6) is 17.2 Å². The lowest BCUT2D eigenvalue weighted by molar-refractivity contribution is -0.118. The van der Waals surface area contributed by atoms with Crippen LogP contribution < -0.4 is 24.8 Å². The topological polar surface area (TPSA) is 110 Å². The van der Waals surface area contributed by atoms with Gasteiger partial charge in [0.25, 0.3) is 11.8 Å². The van der Waals surface area contributed by atoms with E-state index in [0.717, 1.165) is 0 Å². The van der Waals surface area contributed by atoms with Crippen molar-refractivity contribution in [2.45, 2.75) is 0 Å². The fourth-order valence-electron chi connectivity index (χ4n) is 2.42. The summed E-state index contributed by atoms with van der Waals surface area (Å²) in [7, 11) is 4.42. The number of hydrogen-bond donors (Lipinski definition) is 2. The Hall–Kier alpha value is -3.99. The molecule has 0 aromatic heterocycles. The minimum Gasteiger partial charge on any atom is -0.495 e. The number of likely N-dealkylation sites (N-methyl/N-ethyl adjacent to an activating group) is 1. The van der Waals surface area contributed by atoms with E-state index in [1.54, 1.807) is 42.5 Å². The molecule has 0 fully saturated rings. The zero-order valence-electron chi connectivity index (χ0n) is 16.3. The van der Waals surface area contributed by atoms with Crippen LogP contribution in [0.25, 0.3) is 6.08 Å². The third kappa shape index (κ3) is 5.74. The molecule has 0 saturated heterocycles. The summed E-state index contributed by atoms with van der Waals surface area (Å²) >= 11 is 0. The number of hydrogen-bond acceptors (Lipinski definition) is 6. The number of benzene rings is 2. The van der Waals surface area contributed by atoms with Gasteiger partial charge in [0.1, 0.15) is 17.4 Å². The summed E-state index contributed by atoms with van der Waals surface area (Å²) in [5.41, 5.74) is 1.07. The van der Waals surface area contributed by atoms with E-state index >= 15 is 0 Å². The number of nitrogens with zero attached hydrogens (tertiary/aromatic N) is 1. The average molecular weight is 395 g/mol. The smallest absolute Gasteiger partial charge is 0.262 e. The average Bonchev–Trinajstić information content (AvgIpc) is 2.76. The second-order valence-electron chi connectivity index (χ2n) is 5.70. The van der Waals surface area contributed by atoms with Crippen LogP contribution in [-0.2, 0) is 9.59 Å². The van der Waals surface area contributed by atoms with Crippen molar-refractivity contribution >= 4 is 23.6 Å². The molecule has 0 bridgehead atoms. The Bertz CT molecular complexity index is 963. The first-order valence-corrected chi connectivity index (χ1v) is 8.60. The number of nitrogens with one attached hydrogen (secondary N) is 2. The van der Waals surface area contributed by atoms with Gasteiger partial charge in [0.05, 0.1) is 19.9 Å². The van der Waals surface area contributed by atoms with Crippen molar-refractivity contribution in [3.05, 3.63) is 53.6 Å². The van der Waals surface area contributed by atoms with Crippen LogP contribution in [0.4, 0.5) is 5.69 Å². The fraction of sp³-hybridized carbons (Fsp3) is 0.190. The Morgan fingerprint density at radius 2 is 1.79 bits per heavy atom. The third-order valence-corrected chi connectivity index (χ3v) is 3.83. The fourth-order valence-corrected chi connectivity index (χ4v) is 2.42. The predicted octanol–water partition coefficient (Wildman–Crippen LogP) is 2.37. The van der Waals surface area contributed by atoms with Gasteiger partial charge in [-0.2, -0.15) is 5.26 Å². The number of ether oxygens (including phenoxy) is 3. The molecule has 2 aromatic rings. The Morgan fingerprint density at radius 1 is 1.07 bits per heavy atom. The molecule has 0 spiro atoms. The quantitative estimate of drug-likeness (QED) is 0.525. The number of amides is 2. The minimum absolute atomic E-state index is 0.0422. The largest absolute Gasteiger partial charge is 0.495 e. The molecule has 0 aliphatic rings. The minimum atomic E-state index is -0.486. The summed E-state index contributed by atoms with van der Waals surface area (Å²) in [5.74, 6) is 0.391. The summed E-state index contributed by atoms with van der Waals surface area (Å²) in [6.07, 6.45) is 1.43. The summed E-state index contributed by atoms with van der Waals surface area (Å²) in [6, 6.07) is 13.7. The van der Waals surface area contributed by atoms with Crippen LogP contribution >= 0.6 is 0 Å². The number of para-hydroxylation sites is 2. The normalized spacial score (nSPS) is 10.5. The van der Waals surface area contributed by atoms with E-state index < -0.39 is 5.91 Å². The third-order valence-electron chi connectivity index (χ3n) is 3.83. The Balaban J connectivity index is 2.09. The zero-order chi connectivity index (χ0) is 21.2. The molecule has 0 atom stereocenters. The number of nitriles is 1. The van der Waals surface area contributed by atoms with Crippen LogP contribution in [0.3, 0.4) is 0 Å². The maximum atomic E-state index is 12.2. The molecule has 0 heterocycles. The molecule has 2 N–H and O–H groups in total. The van der Waals surface area contributed by atoms with Crippen LogP contribution in [0.1, 0.15) is 5.56 Å². The van der Waals surface area contributed by atoms with Crippen molar-refractivity contribution in [2.75, 3.05) is 33.2 Å². The van der Waals surface area contributed by atoms with E-state index in [4.69, 9.17) is 19.5 Å². The molecule has 29 heavy (non-hydrogen) atoms. The van der Waals surface area contributed by atoms with Gasteiger partial charge in [0, 0.05) is 7.05 Å². The lowest BCUT2D eigenvalue weighted by Gasteiger charge is -2.13.